The van der Waals surface area contributed by atoms with Crippen molar-refractivity contribution < 1.29 is 17.7 Å². The molecule has 0 spiro atoms. The maximum absolute atomic E-state index is 12.6. The monoisotopic (exact) mass is 424 g/mol. The maximum Gasteiger partial charge on any atom is 0.416 e. The van der Waals surface area contributed by atoms with Crippen LogP contribution in [0, 0.1) is 0 Å². The Kier molecular flexibility index (Phi) is 4.81. The Balaban J connectivity index is 1.44. The lowest BCUT2D eigenvalue weighted by atomic mass is 10.1. The van der Waals surface area contributed by atoms with Gasteiger partial charge in [0.05, 0.1) is 16.2 Å². The number of thioether (sulfide) groups is 1. The van der Waals surface area contributed by atoms with E-state index < -0.39 is 11.7 Å². The zero-order chi connectivity index (χ0) is 19.7. The summed E-state index contributed by atoms with van der Waals surface area (Å²) >= 11 is 2.75. The first-order valence-corrected chi connectivity index (χ1v) is 9.66. The van der Waals surface area contributed by atoms with Gasteiger partial charge in [-0.15, -0.1) is 21.5 Å². The molecule has 0 bridgehead atoms. The van der Waals surface area contributed by atoms with Gasteiger partial charge in [0.15, 0.2) is 5.82 Å². The van der Waals surface area contributed by atoms with Crippen molar-refractivity contribution in [3.63, 3.8) is 0 Å². The first kappa shape index (κ1) is 18.5. The van der Waals surface area contributed by atoms with Crippen molar-refractivity contribution in [2.24, 2.45) is 0 Å². The van der Waals surface area contributed by atoms with Crippen LogP contribution in [0.4, 0.5) is 13.2 Å². The van der Waals surface area contributed by atoms with Crippen LogP contribution in [-0.4, -0.2) is 25.0 Å². The molecule has 0 fully saturated rings. The number of alkyl halides is 3. The highest BCUT2D eigenvalue weighted by atomic mass is 32.2. The van der Waals surface area contributed by atoms with E-state index in [0.29, 0.717) is 22.4 Å². The van der Waals surface area contributed by atoms with E-state index in [1.165, 1.54) is 39.9 Å². The average molecular weight is 424 g/mol. The lowest BCUT2D eigenvalue weighted by Gasteiger charge is -2.05. The number of thiophene rings is 1. The molecule has 144 valence electrons. The molecule has 0 aliphatic rings. The second-order valence-corrected chi connectivity index (χ2v) is 7.42. The van der Waals surface area contributed by atoms with Gasteiger partial charge in [-0.3, -0.25) is 0 Å². The van der Waals surface area contributed by atoms with E-state index in [1.807, 2.05) is 17.5 Å². The summed E-state index contributed by atoms with van der Waals surface area (Å²) in [6.07, 6.45) is -4.39. The standard InChI is InChI=1S/C16H11F3N6OS2/c17-16(18,19)10-5-3-9(4-6-10)13-21-12(26-24-13)8-28-15-23-22-14(25(15)20)11-2-1-7-27-11/h1-7H,8,20H2. The van der Waals surface area contributed by atoms with Crippen molar-refractivity contribution in [1.82, 2.24) is 25.0 Å². The molecule has 0 amide bonds. The number of nitrogen functional groups attached to an aromatic ring is 1. The molecule has 3 aromatic heterocycles. The van der Waals surface area contributed by atoms with Crippen LogP contribution in [-0.2, 0) is 11.9 Å². The summed E-state index contributed by atoms with van der Waals surface area (Å²) in [6.45, 7) is 0. The van der Waals surface area contributed by atoms with Gasteiger partial charge >= 0.3 is 6.18 Å². The lowest BCUT2D eigenvalue weighted by molar-refractivity contribution is -0.137. The Morgan fingerprint density at radius 2 is 1.93 bits per heavy atom. The Labute approximate surface area is 164 Å². The predicted octanol–water partition coefficient (Wildman–Crippen LogP) is 4.08. The number of nitrogens with two attached hydrogens (primary N) is 1. The molecule has 0 aliphatic carbocycles. The molecule has 0 saturated carbocycles. The highest BCUT2D eigenvalue weighted by Gasteiger charge is 2.30. The molecule has 0 radical (unpaired) electrons. The van der Waals surface area contributed by atoms with E-state index in [0.717, 1.165) is 17.0 Å². The van der Waals surface area contributed by atoms with E-state index in [4.69, 9.17) is 10.4 Å². The van der Waals surface area contributed by atoms with Crippen molar-refractivity contribution in [2.75, 3.05) is 5.84 Å². The molecule has 0 saturated heterocycles. The fourth-order valence-corrected chi connectivity index (χ4v) is 3.71. The molecule has 2 N–H and O–H groups in total. The summed E-state index contributed by atoms with van der Waals surface area (Å²) in [5.74, 6) is 7.36. The Morgan fingerprint density at radius 1 is 1.14 bits per heavy atom. The molecule has 0 unspecified atom stereocenters. The molecule has 7 nitrogen and oxygen atoms in total. The van der Waals surface area contributed by atoms with Crippen molar-refractivity contribution in [3.8, 4) is 22.1 Å². The first-order chi connectivity index (χ1) is 13.4. The van der Waals surface area contributed by atoms with Gasteiger partial charge in [0.2, 0.25) is 16.9 Å². The molecule has 4 rings (SSSR count). The molecule has 0 aliphatic heterocycles. The Hall–Kier alpha value is -2.86. The van der Waals surface area contributed by atoms with Gasteiger partial charge in [0.1, 0.15) is 0 Å². The smallest absolute Gasteiger partial charge is 0.338 e. The zero-order valence-corrected chi connectivity index (χ0v) is 15.6. The normalized spacial score (nSPS) is 11.8. The van der Waals surface area contributed by atoms with Gasteiger partial charge in [-0.25, -0.2) is 4.68 Å². The molecule has 3 heterocycles. The summed E-state index contributed by atoms with van der Waals surface area (Å²) in [7, 11) is 0. The highest BCUT2D eigenvalue weighted by molar-refractivity contribution is 7.98. The molecule has 0 atom stereocenters. The number of benzene rings is 1. The van der Waals surface area contributed by atoms with Gasteiger partial charge in [0, 0.05) is 5.56 Å². The molecule has 12 heteroatoms. The van der Waals surface area contributed by atoms with Crippen molar-refractivity contribution in [1.29, 1.82) is 0 Å². The minimum absolute atomic E-state index is 0.206. The van der Waals surface area contributed by atoms with Crippen LogP contribution in [0.2, 0.25) is 0 Å². The van der Waals surface area contributed by atoms with E-state index in [9.17, 15) is 13.2 Å². The second-order valence-electron chi connectivity index (χ2n) is 5.53. The van der Waals surface area contributed by atoms with Crippen molar-refractivity contribution >= 4 is 23.1 Å². The van der Waals surface area contributed by atoms with Crippen LogP contribution in [0.1, 0.15) is 11.5 Å². The minimum Gasteiger partial charge on any atom is -0.338 e. The third-order valence-electron chi connectivity index (χ3n) is 3.67. The van der Waals surface area contributed by atoms with Crippen molar-refractivity contribution in [2.45, 2.75) is 17.1 Å². The van der Waals surface area contributed by atoms with Crippen LogP contribution < -0.4 is 5.84 Å². The van der Waals surface area contributed by atoms with E-state index in [-0.39, 0.29) is 11.6 Å². The number of hydrogen-bond acceptors (Lipinski definition) is 8. The SMILES string of the molecule is Nn1c(SCc2nc(-c3ccc(C(F)(F)F)cc3)no2)nnc1-c1cccs1. The predicted molar refractivity (Wildman–Crippen MR) is 97.8 cm³/mol. The first-order valence-electron chi connectivity index (χ1n) is 7.79. The summed E-state index contributed by atoms with van der Waals surface area (Å²) < 4.78 is 44.4. The van der Waals surface area contributed by atoms with Gasteiger partial charge in [-0.2, -0.15) is 18.2 Å². The third kappa shape index (κ3) is 3.73. The summed E-state index contributed by atoms with van der Waals surface area (Å²) in [6, 6.07) is 8.33. The summed E-state index contributed by atoms with van der Waals surface area (Å²) in [5.41, 5.74) is -0.311. The quantitative estimate of drug-likeness (QED) is 0.381. The highest BCUT2D eigenvalue weighted by Crippen LogP contribution is 2.31. The third-order valence-corrected chi connectivity index (χ3v) is 5.46. The van der Waals surface area contributed by atoms with Crippen LogP contribution in [0.5, 0.6) is 0 Å². The fraction of sp³-hybridized carbons (Fsp3) is 0.125. The van der Waals surface area contributed by atoms with E-state index in [1.54, 1.807) is 0 Å². The zero-order valence-electron chi connectivity index (χ0n) is 13.9. The molecule has 1 aromatic carbocycles. The largest absolute Gasteiger partial charge is 0.416 e. The molecular formula is C16H11F3N6OS2. The van der Waals surface area contributed by atoms with Gasteiger partial charge in [0.25, 0.3) is 0 Å². The minimum atomic E-state index is -4.39. The number of nitrogens with zero attached hydrogens (tertiary/aromatic N) is 5. The number of rotatable bonds is 5. The van der Waals surface area contributed by atoms with E-state index in [2.05, 4.69) is 20.3 Å². The Morgan fingerprint density at radius 3 is 2.61 bits per heavy atom. The summed E-state index contributed by atoms with van der Waals surface area (Å²) in [4.78, 5) is 5.09. The Bertz CT molecular complexity index is 1070. The number of hydrogen-bond donors (Lipinski definition) is 1. The molecule has 28 heavy (non-hydrogen) atoms. The molecular weight excluding hydrogens is 413 g/mol. The second kappa shape index (κ2) is 7.28. The van der Waals surface area contributed by atoms with Crippen molar-refractivity contribution in [3.05, 3.63) is 53.2 Å². The maximum atomic E-state index is 12.6. The van der Waals surface area contributed by atoms with Crippen LogP contribution in [0.25, 0.3) is 22.1 Å². The van der Waals surface area contributed by atoms with Crippen LogP contribution in [0.15, 0.2) is 51.5 Å². The lowest BCUT2D eigenvalue weighted by Crippen LogP contribution is -2.11. The van der Waals surface area contributed by atoms with Crippen LogP contribution in [0.3, 0.4) is 0 Å². The number of halogens is 3. The molecule has 4 aromatic rings. The van der Waals surface area contributed by atoms with Gasteiger partial charge in [-0.05, 0) is 23.6 Å². The fourth-order valence-electron chi connectivity index (χ4n) is 2.31. The summed E-state index contributed by atoms with van der Waals surface area (Å²) in [5, 5.41) is 14.3. The van der Waals surface area contributed by atoms with Gasteiger partial charge < -0.3 is 10.4 Å². The van der Waals surface area contributed by atoms with Crippen LogP contribution >= 0.6 is 23.1 Å². The van der Waals surface area contributed by atoms with Gasteiger partial charge in [-0.1, -0.05) is 35.1 Å². The number of aromatic nitrogens is 5. The average Bonchev–Trinajstić information content (AvgIpc) is 3.41. The van der Waals surface area contributed by atoms with E-state index >= 15 is 0 Å². The topological polar surface area (TPSA) is 95.7 Å².